The first-order valence-electron chi connectivity index (χ1n) is 7.05. The Morgan fingerprint density at radius 1 is 1.12 bits per heavy atom. The Labute approximate surface area is 108 Å². The van der Waals surface area contributed by atoms with Crippen molar-refractivity contribution in [1.82, 2.24) is 10.3 Å². The van der Waals surface area contributed by atoms with E-state index in [0.717, 1.165) is 5.92 Å². The molecule has 17 heavy (non-hydrogen) atoms. The van der Waals surface area contributed by atoms with Crippen molar-refractivity contribution in [3.05, 3.63) is 15.6 Å². The normalized spacial score (nSPS) is 26.5. The minimum absolute atomic E-state index is 0.594. The number of thiazole rings is 1. The fraction of sp³-hybridized carbons (Fsp3) is 0.786. The van der Waals surface area contributed by atoms with Crippen LogP contribution in [0.5, 0.6) is 0 Å². The van der Waals surface area contributed by atoms with E-state index in [9.17, 15) is 0 Å². The lowest BCUT2D eigenvalue weighted by Crippen LogP contribution is -2.26. The van der Waals surface area contributed by atoms with Crippen LogP contribution in [0.2, 0.25) is 0 Å². The summed E-state index contributed by atoms with van der Waals surface area (Å²) in [6.07, 6.45) is 9.54. The Balaban J connectivity index is 1.79. The average Bonchev–Trinajstić information content (AvgIpc) is 2.99. The number of aromatic nitrogens is 1. The zero-order valence-electron chi connectivity index (χ0n) is 10.7. The number of nitrogens with zero attached hydrogens (tertiary/aromatic N) is 1. The average molecular weight is 250 g/mol. The molecule has 1 N–H and O–H groups in total. The summed E-state index contributed by atoms with van der Waals surface area (Å²) < 4.78 is 0. The lowest BCUT2D eigenvalue weighted by atomic mass is 10.0. The van der Waals surface area contributed by atoms with Gasteiger partial charge in [0.15, 0.2) is 0 Å². The molecule has 1 atom stereocenters. The standard InChI is InChI=1S/C14H22N2S/c1-10-13(12-8-4-5-9-15-12)17-14(16-10)11-6-2-3-7-11/h11-12,15H,2-9H2,1H3. The summed E-state index contributed by atoms with van der Waals surface area (Å²) in [5, 5.41) is 5.07. The number of hydrogen-bond donors (Lipinski definition) is 1. The molecule has 0 spiro atoms. The third kappa shape index (κ3) is 2.41. The van der Waals surface area contributed by atoms with Gasteiger partial charge in [0.2, 0.25) is 0 Å². The van der Waals surface area contributed by atoms with Crippen molar-refractivity contribution in [3.8, 4) is 0 Å². The van der Waals surface area contributed by atoms with Crippen LogP contribution in [0, 0.1) is 6.92 Å². The number of piperidine rings is 1. The van der Waals surface area contributed by atoms with Gasteiger partial charge in [-0.25, -0.2) is 4.98 Å². The molecule has 2 aliphatic rings. The topological polar surface area (TPSA) is 24.9 Å². The third-order valence-corrected chi connectivity index (χ3v) is 5.61. The van der Waals surface area contributed by atoms with E-state index in [0.29, 0.717) is 6.04 Å². The predicted molar refractivity (Wildman–Crippen MR) is 72.7 cm³/mol. The Morgan fingerprint density at radius 3 is 2.59 bits per heavy atom. The highest BCUT2D eigenvalue weighted by Crippen LogP contribution is 2.39. The minimum Gasteiger partial charge on any atom is -0.309 e. The molecule has 2 nitrogen and oxygen atoms in total. The molecule has 1 aromatic heterocycles. The highest BCUT2D eigenvalue weighted by atomic mass is 32.1. The molecule has 3 heteroatoms. The van der Waals surface area contributed by atoms with E-state index in [1.165, 1.54) is 67.1 Å². The van der Waals surface area contributed by atoms with E-state index in [4.69, 9.17) is 4.98 Å². The summed E-state index contributed by atoms with van der Waals surface area (Å²) >= 11 is 1.99. The molecule has 1 aliphatic carbocycles. The molecule has 0 amide bonds. The van der Waals surface area contributed by atoms with E-state index < -0.39 is 0 Å². The van der Waals surface area contributed by atoms with Gasteiger partial charge < -0.3 is 5.32 Å². The predicted octanol–water partition coefficient (Wildman–Crippen LogP) is 3.92. The fourth-order valence-electron chi connectivity index (χ4n) is 3.18. The van der Waals surface area contributed by atoms with E-state index in [1.807, 2.05) is 11.3 Å². The summed E-state index contributed by atoms with van der Waals surface area (Å²) in [6.45, 7) is 3.38. The maximum atomic E-state index is 4.85. The Morgan fingerprint density at radius 2 is 1.88 bits per heavy atom. The van der Waals surface area contributed by atoms with Crippen molar-refractivity contribution in [2.75, 3.05) is 6.54 Å². The van der Waals surface area contributed by atoms with Gasteiger partial charge in [-0.2, -0.15) is 0 Å². The molecular formula is C14H22N2S. The summed E-state index contributed by atoms with van der Waals surface area (Å²) in [6, 6.07) is 0.594. The van der Waals surface area contributed by atoms with Crippen LogP contribution in [-0.4, -0.2) is 11.5 Å². The molecule has 1 saturated carbocycles. The van der Waals surface area contributed by atoms with Crippen molar-refractivity contribution in [2.45, 2.75) is 63.8 Å². The zero-order chi connectivity index (χ0) is 11.7. The first kappa shape index (κ1) is 11.7. The highest BCUT2D eigenvalue weighted by molar-refractivity contribution is 7.11. The Bertz CT molecular complexity index is 374. The van der Waals surface area contributed by atoms with Crippen LogP contribution in [0.25, 0.3) is 0 Å². The second-order valence-electron chi connectivity index (χ2n) is 5.49. The zero-order valence-corrected chi connectivity index (χ0v) is 11.5. The molecule has 0 radical (unpaired) electrons. The summed E-state index contributed by atoms with van der Waals surface area (Å²) in [4.78, 5) is 6.37. The summed E-state index contributed by atoms with van der Waals surface area (Å²) in [5.74, 6) is 0.774. The fourth-order valence-corrected chi connectivity index (χ4v) is 4.52. The van der Waals surface area contributed by atoms with Crippen molar-refractivity contribution in [2.24, 2.45) is 0 Å². The minimum atomic E-state index is 0.594. The van der Waals surface area contributed by atoms with Gasteiger partial charge in [0, 0.05) is 16.8 Å². The van der Waals surface area contributed by atoms with Crippen molar-refractivity contribution in [3.63, 3.8) is 0 Å². The molecule has 0 aromatic carbocycles. The van der Waals surface area contributed by atoms with Crippen LogP contribution in [0.15, 0.2) is 0 Å². The molecule has 3 rings (SSSR count). The van der Waals surface area contributed by atoms with Gasteiger partial charge in [-0.1, -0.05) is 19.3 Å². The van der Waals surface area contributed by atoms with Crippen molar-refractivity contribution >= 4 is 11.3 Å². The molecule has 2 fully saturated rings. The van der Waals surface area contributed by atoms with Gasteiger partial charge >= 0.3 is 0 Å². The van der Waals surface area contributed by atoms with E-state index in [-0.39, 0.29) is 0 Å². The quantitative estimate of drug-likeness (QED) is 0.860. The summed E-state index contributed by atoms with van der Waals surface area (Å²) in [7, 11) is 0. The van der Waals surface area contributed by atoms with Crippen LogP contribution in [0.3, 0.4) is 0 Å². The number of nitrogens with one attached hydrogen (secondary N) is 1. The highest BCUT2D eigenvalue weighted by Gasteiger charge is 2.25. The lowest BCUT2D eigenvalue weighted by Gasteiger charge is -2.22. The molecule has 0 bridgehead atoms. The monoisotopic (exact) mass is 250 g/mol. The Kier molecular flexibility index (Phi) is 3.48. The van der Waals surface area contributed by atoms with Gasteiger partial charge in [0.05, 0.1) is 10.7 Å². The second kappa shape index (κ2) is 5.07. The van der Waals surface area contributed by atoms with Crippen LogP contribution >= 0.6 is 11.3 Å². The number of aryl methyl sites for hydroxylation is 1. The second-order valence-corrected chi connectivity index (χ2v) is 6.55. The van der Waals surface area contributed by atoms with Crippen LogP contribution in [-0.2, 0) is 0 Å². The molecular weight excluding hydrogens is 228 g/mol. The van der Waals surface area contributed by atoms with E-state index in [2.05, 4.69) is 12.2 Å². The molecule has 1 saturated heterocycles. The van der Waals surface area contributed by atoms with E-state index in [1.54, 1.807) is 0 Å². The summed E-state index contributed by atoms with van der Waals surface area (Å²) in [5.41, 5.74) is 1.29. The van der Waals surface area contributed by atoms with Gasteiger partial charge in [-0.05, 0) is 39.2 Å². The maximum absolute atomic E-state index is 4.85. The molecule has 94 valence electrons. The molecule has 2 heterocycles. The molecule has 1 aliphatic heterocycles. The van der Waals surface area contributed by atoms with Crippen LogP contribution in [0.4, 0.5) is 0 Å². The smallest absolute Gasteiger partial charge is 0.0962 e. The maximum Gasteiger partial charge on any atom is 0.0962 e. The molecule has 1 unspecified atom stereocenters. The van der Waals surface area contributed by atoms with E-state index >= 15 is 0 Å². The van der Waals surface area contributed by atoms with Crippen molar-refractivity contribution < 1.29 is 0 Å². The van der Waals surface area contributed by atoms with Gasteiger partial charge in [-0.15, -0.1) is 11.3 Å². The first-order valence-corrected chi connectivity index (χ1v) is 7.87. The molecule has 1 aromatic rings. The Hall–Kier alpha value is -0.410. The number of hydrogen-bond acceptors (Lipinski definition) is 3. The van der Waals surface area contributed by atoms with Gasteiger partial charge in [-0.3, -0.25) is 0 Å². The largest absolute Gasteiger partial charge is 0.309 e. The van der Waals surface area contributed by atoms with Gasteiger partial charge in [0.25, 0.3) is 0 Å². The van der Waals surface area contributed by atoms with Crippen LogP contribution < -0.4 is 5.32 Å². The van der Waals surface area contributed by atoms with Crippen LogP contribution in [0.1, 0.15) is 72.5 Å². The third-order valence-electron chi connectivity index (χ3n) is 4.18. The SMILES string of the molecule is Cc1nc(C2CCCC2)sc1C1CCCCN1. The number of rotatable bonds is 2. The lowest BCUT2D eigenvalue weighted by molar-refractivity contribution is 0.415. The van der Waals surface area contributed by atoms with Gasteiger partial charge in [0.1, 0.15) is 0 Å². The first-order chi connectivity index (χ1) is 8.34. The van der Waals surface area contributed by atoms with Crippen molar-refractivity contribution in [1.29, 1.82) is 0 Å².